The number of benzene rings is 1. The molecule has 2 atom stereocenters. The highest BCUT2D eigenvalue weighted by atomic mass is 32.2. The smallest absolute Gasteiger partial charge is 0.226 e. The molecule has 0 saturated carbocycles. The lowest BCUT2D eigenvalue weighted by Crippen LogP contribution is -2.46. The molecule has 0 aliphatic carbocycles. The maximum atomic E-state index is 9.79. The van der Waals surface area contributed by atoms with Crippen LogP contribution in [0.4, 0.5) is 0 Å². The maximum Gasteiger partial charge on any atom is 0.226 e. The summed E-state index contributed by atoms with van der Waals surface area (Å²) in [5.74, 6) is 1.43. The van der Waals surface area contributed by atoms with E-state index in [-0.39, 0.29) is 0 Å². The predicted molar refractivity (Wildman–Crippen MR) is 90.4 cm³/mol. The minimum absolute atomic E-state index is 0.464. The Balaban J connectivity index is 1.73. The number of oxazole rings is 1. The van der Waals surface area contributed by atoms with Gasteiger partial charge in [0.05, 0.1) is 17.9 Å². The maximum absolute atomic E-state index is 9.79. The molecular weight excluding hydrogens is 312 g/mol. The molecule has 0 spiro atoms. The summed E-state index contributed by atoms with van der Waals surface area (Å²) in [4.78, 5) is 7.92. The van der Waals surface area contributed by atoms with Gasteiger partial charge in [-0.15, -0.1) is 11.8 Å². The van der Waals surface area contributed by atoms with Gasteiger partial charge in [0.1, 0.15) is 5.76 Å². The summed E-state index contributed by atoms with van der Waals surface area (Å²) >= 11 is 1.70. The molecule has 0 unspecified atom stereocenters. The number of hydrogen-bond acceptors (Lipinski definition) is 6. The Hall–Kier alpha value is -1.34. The average Bonchev–Trinajstić information content (AvgIpc) is 2.92. The second-order valence-corrected chi connectivity index (χ2v) is 6.79. The van der Waals surface area contributed by atoms with E-state index in [9.17, 15) is 10.2 Å². The monoisotopic (exact) mass is 334 g/mol. The van der Waals surface area contributed by atoms with Crippen LogP contribution in [0.1, 0.15) is 17.9 Å². The van der Waals surface area contributed by atoms with Crippen LogP contribution in [-0.2, 0) is 6.54 Å². The van der Waals surface area contributed by atoms with Gasteiger partial charge in [0, 0.05) is 30.1 Å². The van der Waals surface area contributed by atoms with Gasteiger partial charge < -0.3 is 14.6 Å². The largest absolute Gasteiger partial charge is 0.441 e. The first-order valence-corrected chi connectivity index (χ1v) is 8.98. The van der Waals surface area contributed by atoms with Crippen LogP contribution in [0.15, 0.2) is 33.6 Å². The van der Waals surface area contributed by atoms with E-state index in [1.54, 1.807) is 11.8 Å². The molecule has 1 aliphatic heterocycles. The first-order valence-electron chi connectivity index (χ1n) is 7.76. The molecule has 1 aliphatic rings. The van der Waals surface area contributed by atoms with Crippen LogP contribution in [0.2, 0.25) is 0 Å². The molecule has 1 aromatic carbocycles. The van der Waals surface area contributed by atoms with Gasteiger partial charge in [0.2, 0.25) is 5.89 Å². The van der Waals surface area contributed by atoms with Gasteiger partial charge in [0.15, 0.2) is 0 Å². The quantitative estimate of drug-likeness (QED) is 0.836. The molecule has 0 radical (unpaired) electrons. The van der Waals surface area contributed by atoms with E-state index in [2.05, 4.69) is 22.0 Å². The number of hydrogen-bond donors (Lipinski definition) is 2. The Labute approximate surface area is 140 Å². The number of aliphatic hydroxyl groups excluding tert-OH is 2. The Morgan fingerprint density at radius 2 is 2.00 bits per heavy atom. The van der Waals surface area contributed by atoms with Crippen molar-refractivity contribution in [1.29, 1.82) is 0 Å². The highest BCUT2D eigenvalue weighted by Gasteiger charge is 2.26. The first kappa shape index (κ1) is 16.5. The van der Waals surface area contributed by atoms with E-state index in [4.69, 9.17) is 4.42 Å². The zero-order valence-electron chi connectivity index (χ0n) is 13.4. The number of aliphatic hydroxyl groups is 2. The first-order chi connectivity index (χ1) is 11.1. The van der Waals surface area contributed by atoms with E-state index in [1.807, 2.05) is 25.3 Å². The molecule has 1 aromatic heterocycles. The lowest BCUT2D eigenvalue weighted by atomic mass is 10.1. The van der Waals surface area contributed by atoms with Crippen LogP contribution in [-0.4, -0.2) is 51.7 Å². The molecule has 3 rings (SSSR count). The summed E-state index contributed by atoms with van der Waals surface area (Å²) in [5, 5.41) is 19.4. The van der Waals surface area contributed by atoms with E-state index < -0.39 is 12.2 Å². The summed E-state index contributed by atoms with van der Waals surface area (Å²) in [6.07, 6.45) is 1.33. The van der Waals surface area contributed by atoms with Crippen molar-refractivity contribution in [1.82, 2.24) is 9.88 Å². The summed E-state index contributed by atoms with van der Waals surface area (Å²) < 4.78 is 5.81. The number of nitrogens with zero attached hydrogens (tertiary/aromatic N) is 2. The van der Waals surface area contributed by atoms with Gasteiger partial charge in [-0.25, -0.2) is 4.98 Å². The highest BCUT2D eigenvalue weighted by Crippen LogP contribution is 2.25. The molecule has 5 nitrogen and oxygen atoms in total. The SMILES string of the molecule is CSc1ccc(-c2nc(CN3CC[C@@H](O)[C@H](O)C3)c(C)o2)cc1. The minimum Gasteiger partial charge on any atom is -0.441 e. The Kier molecular flexibility index (Phi) is 5.06. The van der Waals surface area contributed by atoms with Gasteiger partial charge in [-0.2, -0.15) is 0 Å². The number of likely N-dealkylation sites (tertiary alicyclic amines) is 1. The molecule has 2 N–H and O–H groups in total. The molecule has 2 aromatic rings. The van der Waals surface area contributed by atoms with Gasteiger partial charge >= 0.3 is 0 Å². The predicted octanol–water partition coefficient (Wildman–Crippen LogP) is 2.30. The Morgan fingerprint density at radius 3 is 2.65 bits per heavy atom. The van der Waals surface area contributed by atoms with E-state index >= 15 is 0 Å². The zero-order valence-corrected chi connectivity index (χ0v) is 14.2. The molecule has 23 heavy (non-hydrogen) atoms. The van der Waals surface area contributed by atoms with Crippen molar-refractivity contribution in [3.63, 3.8) is 0 Å². The van der Waals surface area contributed by atoms with Crippen LogP contribution in [0.5, 0.6) is 0 Å². The molecular formula is C17H22N2O3S. The third-order valence-electron chi connectivity index (χ3n) is 4.23. The number of aromatic nitrogens is 1. The molecule has 1 fully saturated rings. The molecule has 0 amide bonds. The number of aryl methyl sites for hydroxylation is 1. The number of thioether (sulfide) groups is 1. The number of rotatable bonds is 4. The van der Waals surface area contributed by atoms with Crippen LogP contribution >= 0.6 is 11.8 Å². The van der Waals surface area contributed by atoms with Crippen molar-refractivity contribution in [3.8, 4) is 11.5 Å². The molecule has 2 heterocycles. The lowest BCUT2D eigenvalue weighted by molar-refractivity contribution is -0.0406. The molecule has 0 bridgehead atoms. The highest BCUT2D eigenvalue weighted by molar-refractivity contribution is 7.98. The van der Waals surface area contributed by atoms with Crippen molar-refractivity contribution < 1.29 is 14.6 Å². The van der Waals surface area contributed by atoms with Gasteiger partial charge in [-0.1, -0.05) is 0 Å². The van der Waals surface area contributed by atoms with E-state index in [0.717, 1.165) is 23.6 Å². The Bertz CT molecular complexity index is 656. The second kappa shape index (κ2) is 7.05. The normalized spacial score (nSPS) is 22.4. The average molecular weight is 334 g/mol. The van der Waals surface area contributed by atoms with Crippen LogP contribution in [0.25, 0.3) is 11.5 Å². The van der Waals surface area contributed by atoms with E-state index in [1.165, 1.54) is 4.90 Å². The van der Waals surface area contributed by atoms with Crippen LogP contribution in [0, 0.1) is 6.92 Å². The fraction of sp³-hybridized carbons (Fsp3) is 0.471. The van der Waals surface area contributed by atoms with Crippen LogP contribution < -0.4 is 0 Å². The fourth-order valence-corrected chi connectivity index (χ4v) is 3.18. The molecule has 1 saturated heterocycles. The zero-order chi connectivity index (χ0) is 16.4. The van der Waals surface area contributed by atoms with Gasteiger partial charge in [-0.3, -0.25) is 4.90 Å². The molecule has 124 valence electrons. The minimum atomic E-state index is -0.686. The lowest BCUT2D eigenvalue weighted by Gasteiger charge is -2.32. The summed E-state index contributed by atoms with van der Waals surface area (Å²) in [7, 11) is 0. The Morgan fingerprint density at radius 1 is 1.26 bits per heavy atom. The van der Waals surface area contributed by atoms with Crippen LogP contribution in [0.3, 0.4) is 0 Å². The second-order valence-electron chi connectivity index (χ2n) is 5.91. The van der Waals surface area contributed by atoms with Crippen molar-refractivity contribution in [2.45, 2.75) is 37.0 Å². The summed E-state index contributed by atoms with van der Waals surface area (Å²) in [5.41, 5.74) is 1.85. The number of β-amino-alcohol motifs (C(OH)–C–C–N with tert-alkyl or cyclic N) is 1. The third kappa shape index (κ3) is 3.77. The standard InChI is InChI=1S/C17H22N2O3S/c1-11-14(9-19-8-7-15(20)16(21)10-19)18-17(22-11)12-3-5-13(23-2)6-4-12/h3-6,15-16,20-21H,7-10H2,1-2H3/t15-,16-/m1/s1. The van der Waals surface area contributed by atoms with Crippen molar-refractivity contribution in [3.05, 3.63) is 35.7 Å². The van der Waals surface area contributed by atoms with Gasteiger partial charge in [-0.05, 0) is 43.9 Å². The van der Waals surface area contributed by atoms with E-state index in [0.29, 0.717) is 25.4 Å². The third-order valence-corrected chi connectivity index (χ3v) is 4.98. The van der Waals surface area contributed by atoms with Crippen molar-refractivity contribution in [2.75, 3.05) is 19.3 Å². The van der Waals surface area contributed by atoms with Crippen molar-refractivity contribution >= 4 is 11.8 Å². The number of piperidine rings is 1. The fourth-order valence-electron chi connectivity index (χ4n) is 2.77. The summed E-state index contributed by atoms with van der Waals surface area (Å²) in [6, 6.07) is 8.15. The molecule has 6 heteroatoms. The summed E-state index contributed by atoms with van der Waals surface area (Å²) in [6.45, 7) is 3.76. The van der Waals surface area contributed by atoms with Crippen molar-refractivity contribution in [2.24, 2.45) is 0 Å². The van der Waals surface area contributed by atoms with Gasteiger partial charge in [0.25, 0.3) is 0 Å². The topological polar surface area (TPSA) is 69.7 Å².